The lowest BCUT2D eigenvalue weighted by molar-refractivity contribution is 0.280. The van der Waals surface area contributed by atoms with Gasteiger partial charge in [-0.2, -0.15) is 0 Å². The lowest BCUT2D eigenvalue weighted by Gasteiger charge is -2.00. The first-order valence-electron chi connectivity index (χ1n) is 3.15. The molecule has 0 saturated heterocycles. The van der Waals surface area contributed by atoms with Gasteiger partial charge in [0.25, 0.3) is 0 Å². The number of halogens is 1. The molecule has 54 valence electrons. The number of aliphatic hydroxyl groups excluding tert-OH is 1. The highest BCUT2D eigenvalue weighted by molar-refractivity contribution is 14.1. The van der Waals surface area contributed by atoms with Crippen molar-refractivity contribution < 1.29 is 5.11 Å². The molecule has 1 aromatic carbocycles. The smallest absolute Gasteiger partial charge is 0.109 e. The van der Waals surface area contributed by atoms with E-state index in [9.17, 15) is 0 Å². The van der Waals surface area contributed by atoms with Crippen molar-refractivity contribution in [3.63, 3.8) is 0 Å². The standard InChI is InChI=1S/C8H9IO/c9-8(10)6-7-4-2-1-3-5-7/h1-5,8,10H,6H2. The van der Waals surface area contributed by atoms with Gasteiger partial charge in [-0.25, -0.2) is 0 Å². The molecular formula is C8H9IO. The Hall–Kier alpha value is -0.0900. The molecule has 1 atom stereocenters. The van der Waals surface area contributed by atoms with Gasteiger partial charge in [0.15, 0.2) is 0 Å². The molecule has 0 aliphatic heterocycles. The molecular weight excluding hydrogens is 239 g/mol. The minimum Gasteiger partial charge on any atom is -0.382 e. The Kier molecular flexibility index (Phi) is 3.15. The average molecular weight is 248 g/mol. The molecule has 1 aromatic rings. The number of hydrogen-bond acceptors (Lipinski definition) is 1. The predicted molar refractivity (Wildman–Crippen MR) is 50.2 cm³/mol. The summed E-state index contributed by atoms with van der Waals surface area (Å²) in [7, 11) is 0. The quantitative estimate of drug-likeness (QED) is 0.626. The second-order valence-electron chi connectivity index (χ2n) is 2.12. The van der Waals surface area contributed by atoms with E-state index >= 15 is 0 Å². The van der Waals surface area contributed by atoms with Gasteiger partial charge in [-0.15, -0.1) is 0 Å². The monoisotopic (exact) mass is 248 g/mol. The van der Waals surface area contributed by atoms with E-state index in [4.69, 9.17) is 5.11 Å². The van der Waals surface area contributed by atoms with E-state index in [0.717, 1.165) is 6.42 Å². The Morgan fingerprint density at radius 1 is 1.30 bits per heavy atom. The molecule has 0 fully saturated rings. The van der Waals surface area contributed by atoms with E-state index in [0.29, 0.717) is 0 Å². The van der Waals surface area contributed by atoms with E-state index in [1.54, 1.807) is 0 Å². The molecule has 0 radical (unpaired) electrons. The molecule has 1 rings (SSSR count). The minimum atomic E-state index is -0.264. The summed E-state index contributed by atoms with van der Waals surface area (Å²) in [6, 6.07) is 9.97. The predicted octanol–water partition coefficient (Wildman–Crippen LogP) is 1.98. The molecule has 10 heavy (non-hydrogen) atoms. The third-order valence-electron chi connectivity index (χ3n) is 1.25. The first-order chi connectivity index (χ1) is 4.79. The van der Waals surface area contributed by atoms with Crippen LogP contribution in [0.5, 0.6) is 0 Å². The van der Waals surface area contributed by atoms with Gasteiger partial charge in [-0.3, -0.25) is 0 Å². The van der Waals surface area contributed by atoms with Crippen molar-refractivity contribution in [3.8, 4) is 0 Å². The fourth-order valence-electron chi connectivity index (χ4n) is 0.809. The molecule has 2 heteroatoms. The number of aliphatic hydroxyl groups is 1. The van der Waals surface area contributed by atoms with Crippen molar-refractivity contribution in [1.29, 1.82) is 0 Å². The SMILES string of the molecule is OC(I)Cc1ccccc1. The highest BCUT2D eigenvalue weighted by atomic mass is 127. The topological polar surface area (TPSA) is 20.2 Å². The Morgan fingerprint density at radius 3 is 2.40 bits per heavy atom. The molecule has 0 amide bonds. The van der Waals surface area contributed by atoms with Crippen LogP contribution in [-0.4, -0.2) is 9.22 Å². The Labute approximate surface area is 74.2 Å². The molecule has 0 bridgehead atoms. The second kappa shape index (κ2) is 3.93. The van der Waals surface area contributed by atoms with E-state index in [2.05, 4.69) is 0 Å². The van der Waals surface area contributed by atoms with Crippen molar-refractivity contribution in [3.05, 3.63) is 35.9 Å². The lowest BCUT2D eigenvalue weighted by Crippen LogP contribution is -1.98. The largest absolute Gasteiger partial charge is 0.382 e. The van der Waals surface area contributed by atoms with Gasteiger partial charge in [0.2, 0.25) is 0 Å². The van der Waals surface area contributed by atoms with E-state index < -0.39 is 0 Å². The summed E-state index contributed by atoms with van der Waals surface area (Å²) in [5.41, 5.74) is 1.18. The summed E-state index contributed by atoms with van der Waals surface area (Å²) in [5, 5.41) is 8.99. The maximum Gasteiger partial charge on any atom is 0.109 e. The lowest BCUT2D eigenvalue weighted by atomic mass is 10.2. The summed E-state index contributed by atoms with van der Waals surface area (Å²) >= 11 is 2.00. The summed E-state index contributed by atoms with van der Waals surface area (Å²) in [5.74, 6) is 0. The van der Waals surface area contributed by atoms with Crippen molar-refractivity contribution >= 4 is 22.6 Å². The molecule has 0 saturated carbocycles. The zero-order chi connectivity index (χ0) is 7.40. The van der Waals surface area contributed by atoms with E-state index in [1.807, 2.05) is 52.9 Å². The maximum absolute atomic E-state index is 8.99. The molecule has 1 unspecified atom stereocenters. The fraction of sp³-hybridized carbons (Fsp3) is 0.250. The van der Waals surface area contributed by atoms with Gasteiger partial charge < -0.3 is 5.11 Å². The molecule has 1 N–H and O–H groups in total. The Morgan fingerprint density at radius 2 is 1.90 bits per heavy atom. The summed E-state index contributed by atoms with van der Waals surface area (Å²) < 4.78 is -0.264. The first kappa shape index (κ1) is 8.01. The first-order valence-corrected chi connectivity index (χ1v) is 4.39. The van der Waals surface area contributed by atoms with Crippen molar-refractivity contribution in [2.24, 2.45) is 0 Å². The van der Waals surface area contributed by atoms with Gasteiger partial charge in [0.1, 0.15) is 4.11 Å². The number of rotatable bonds is 2. The summed E-state index contributed by atoms with van der Waals surface area (Å²) in [6.07, 6.45) is 0.737. The normalized spacial score (nSPS) is 13.0. The minimum absolute atomic E-state index is 0.264. The number of hydrogen-bond donors (Lipinski definition) is 1. The van der Waals surface area contributed by atoms with Gasteiger partial charge in [0, 0.05) is 6.42 Å². The third-order valence-corrected chi connectivity index (χ3v) is 1.69. The van der Waals surface area contributed by atoms with Crippen LogP contribution in [0.25, 0.3) is 0 Å². The summed E-state index contributed by atoms with van der Waals surface area (Å²) in [4.78, 5) is 0. The average Bonchev–Trinajstić information content (AvgIpc) is 1.88. The van der Waals surface area contributed by atoms with Crippen LogP contribution < -0.4 is 0 Å². The van der Waals surface area contributed by atoms with Crippen LogP contribution in [0.2, 0.25) is 0 Å². The molecule has 0 aliphatic rings. The van der Waals surface area contributed by atoms with Crippen molar-refractivity contribution in [2.45, 2.75) is 10.5 Å². The molecule has 1 nitrogen and oxygen atoms in total. The van der Waals surface area contributed by atoms with Crippen LogP contribution in [0.3, 0.4) is 0 Å². The van der Waals surface area contributed by atoms with Crippen LogP contribution in [-0.2, 0) is 6.42 Å². The molecule has 0 heterocycles. The van der Waals surface area contributed by atoms with Gasteiger partial charge >= 0.3 is 0 Å². The van der Waals surface area contributed by atoms with E-state index in [1.165, 1.54) is 5.56 Å². The summed E-state index contributed by atoms with van der Waals surface area (Å²) in [6.45, 7) is 0. The molecule has 0 spiro atoms. The third kappa shape index (κ3) is 2.66. The molecule has 0 aromatic heterocycles. The van der Waals surface area contributed by atoms with Crippen LogP contribution >= 0.6 is 22.6 Å². The van der Waals surface area contributed by atoms with Crippen LogP contribution in [0.4, 0.5) is 0 Å². The number of benzene rings is 1. The zero-order valence-electron chi connectivity index (χ0n) is 5.50. The number of alkyl halides is 1. The van der Waals surface area contributed by atoms with Crippen molar-refractivity contribution in [1.82, 2.24) is 0 Å². The molecule has 0 aliphatic carbocycles. The van der Waals surface area contributed by atoms with Crippen LogP contribution in [0.15, 0.2) is 30.3 Å². The zero-order valence-corrected chi connectivity index (χ0v) is 7.65. The van der Waals surface area contributed by atoms with Gasteiger partial charge in [0.05, 0.1) is 0 Å². The van der Waals surface area contributed by atoms with Gasteiger partial charge in [-0.05, 0) is 5.56 Å². The Bertz CT molecular complexity index is 184. The van der Waals surface area contributed by atoms with Crippen molar-refractivity contribution in [2.75, 3.05) is 0 Å². The highest BCUT2D eigenvalue weighted by Gasteiger charge is 1.97. The Balaban J connectivity index is 2.59. The fourth-order valence-corrected chi connectivity index (χ4v) is 1.32. The van der Waals surface area contributed by atoms with Crippen LogP contribution in [0, 0.1) is 0 Å². The van der Waals surface area contributed by atoms with Crippen LogP contribution in [0.1, 0.15) is 5.56 Å². The highest BCUT2D eigenvalue weighted by Crippen LogP contribution is 2.06. The second-order valence-corrected chi connectivity index (χ2v) is 3.56. The van der Waals surface area contributed by atoms with E-state index in [-0.39, 0.29) is 4.11 Å². The maximum atomic E-state index is 8.99. The van der Waals surface area contributed by atoms with Gasteiger partial charge in [-0.1, -0.05) is 52.9 Å².